The summed E-state index contributed by atoms with van der Waals surface area (Å²) >= 11 is 0. The van der Waals surface area contributed by atoms with Gasteiger partial charge in [-0.1, -0.05) is 30.3 Å². The highest BCUT2D eigenvalue weighted by Gasteiger charge is 2.10. The Balaban J connectivity index is 1.92. The predicted octanol–water partition coefficient (Wildman–Crippen LogP) is 3.62. The molecule has 0 spiro atoms. The fraction of sp³-hybridized carbons (Fsp3) is 0.118. The first-order valence-corrected chi connectivity index (χ1v) is 6.57. The van der Waals surface area contributed by atoms with Gasteiger partial charge in [0.15, 0.2) is 0 Å². The van der Waals surface area contributed by atoms with Gasteiger partial charge in [0.25, 0.3) is 0 Å². The molecule has 1 unspecified atom stereocenters. The van der Waals surface area contributed by atoms with E-state index >= 15 is 0 Å². The number of hydrogen-bond acceptors (Lipinski definition) is 2. The van der Waals surface area contributed by atoms with E-state index in [1.165, 1.54) is 12.1 Å². The quantitative estimate of drug-likeness (QED) is 0.786. The smallest absolute Gasteiger partial charge is 0.123 e. The van der Waals surface area contributed by atoms with Crippen LogP contribution in [0.2, 0.25) is 0 Å². The number of fused-ring (bicyclic) bond motifs is 1. The highest BCUT2D eigenvalue weighted by atomic mass is 19.1. The van der Waals surface area contributed by atoms with Crippen molar-refractivity contribution in [1.82, 2.24) is 4.98 Å². The fourth-order valence-corrected chi connectivity index (χ4v) is 2.46. The van der Waals surface area contributed by atoms with Crippen molar-refractivity contribution in [3.05, 3.63) is 77.9 Å². The van der Waals surface area contributed by atoms with Crippen LogP contribution >= 0.6 is 0 Å². The Morgan fingerprint density at radius 1 is 1.05 bits per heavy atom. The first-order chi connectivity index (χ1) is 9.74. The van der Waals surface area contributed by atoms with Crippen molar-refractivity contribution in [3.8, 4) is 0 Å². The predicted molar refractivity (Wildman–Crippen MR) is 78.8 cm³/mol. The zero-order valence-corrected chi connectivity index (χ0v) is 11.0. The summed E-state index contributed by atoms with van der Waals surface area (Å²) in [6, 6.07) is 14.4. The molecular weight excluding hydrogens is 251 g/mol. The summed E-state index contributed by atoms with van der Waals surface area (Å²) in [6.07, 6.45) is 4.29. The molecule has 0 fully saturated rings. The summed E-state index contributed by atoms with van der Waals surface area (Å²) in [5.74, 6) is -0.224. The topological polar surface area (TPSA) is 38.9 Å². The molecule has 0 amide bonds. The molecule has 0 saturated carbocycles. The van der Waals surface area contributed by atoms with Crippen molar-refractivity contribution in [3.63, 3.8) is 0 Å². The largest absolute Gasteiger partial charge is 0.324 e. The Bertz CT molecular complexity index is 717. The molecule has 1 heterocycles. The Morgan fingerprint density at radius 2 is 1.85 bits per heavy atom. The van der Waals surface area contributed by atoms with E-state index in [0.29, 0.717) is 6.42 Å². The number of halogens is 1. The first-order valence-electron chi connectivity index (χ1n) is 6.57. The molecule has 0 aliphatic rings. The van der Waals surface area contributed by atoms with Gasteiger partial charge in [-0.2, -0.15) is 0 Å². The van der Waals surface area contributed by atoms with Crippen LogP contribution < -0.4 is 5.73 Å². The molecule has 3 aromatic rings. The van der Waals surface area contributed by atoms with Crippen molar-refractivity contribution < 1.29 is 4.39 Å². The first kappa shape index (κ1) is 12.8. The van der Waals surface area contributed by atoms with Gasteiger partial charge in [-0.25, -0.2) is 4.39 Å². The maximum Gasteiger partial charge on any atom is 0.123 e. The van der Waals surface area contributed by atoms with Crippen LogP contribution in [0.3, 0.4) is 0 Å². The molecule has 100 valence electrons. The van der Waals surface area contributed by atoms with Crippen LogP contribution in [0.25, 0.3) is 10.8 Å². The van der Waals surface area contributed by atoms with Gasteiger partial charge in [0.05, 0.1) is 0 Å². The standard InChI is InChI=1S/C17H15FN2/c18-14-6-4-12(5-7-14)10-17(19)16-3-1-2-13-11-20-9-8-15(13)16/h1-9,11,17H,10,19H2. The van der Waals surface area contributed by atoms with Crippen molar-refractivity contribution in [2.24, 2.45) is 5.73 Å². The minimum absolute atomic E-state index is 0.119. The van der Waals surface area contributed by atoms with Gasteiger partial charge < -0.3 is 5.73 Å². The highest BCUT2D eigenvalue weighted by Crippen LogP contribution is 2.24. The average molecular weight is 266 g/mol. The van der Waals surface area contributed by atoms with Crippen LogP contribution in [-0.2, 0) is 6.42 Å². The summed E-state index contributed by atoms with van der Waals surface area (Å²) in [4.78, 5) is 4.12. The van der Waals surface area contributed by atoms with Crippen LogP contribution in [0.15, 0.2) is 60.9 Å². The van der Waals surface area contributed by atoms with Crippen molar-refractivity contribution in [2.45, 2.75) is 12.5 Å². The molecule has 20 heavy (non-hydrogen) atoms. The van der Waals surface area contributed by atoms with E-state index in [0.717, 1.165) is 21.9 Å². The lowest BCUT2D eigenvalue weighted by Crippen LogP contribution is -2.13. The van der Waals surface area contributed by atoms with Crippen LogP contribution in [0.1, 0.15) is 17.2 Å². The Hall–Kier alpha value is -2.26. The highest BCUT2D eigenvalue weighted by molar-refractivity contribution is 5.85. The lowest BCUT2D eigenvalue weighted by atomic mass is 9.95. The number of rotatable bonds is 3. The minimum Gasteiger partial charge on any atom is -0.324 e. The Labute approximate surface area is 117 Å². The lowest BCUT2D eigenvalue weighted by molar-refractivity contribution is 0.625. The van der Waals surface area contributed by atoms with Gasteiger partial charge in [0.1, 0.15) is 5.82 Å². The van der Waals surface area contributed by atoms with Gasteiger partial charge >= 0.3 is 0 Å². The molecule has 3 heteroatoms. The van der Waals surface area contributed by atoms with Gasteiger partial charge in [0, 0.05) is 23.8 Å². The zero-order chi connectivity index (χ0) is 13.9. The third kappa shape index (κ3) is 2.53. The van der Waals surface area contributed by atoms with Crippen LogP contribution in [0.4, 0.5) is 4.39 Å². The van der Waals surface area contributed by atoms with Crippen molar-refractivity contribution in [2.75, 3.05) is 0 Å². The van der Waals surface area contributed by atoms with Crippen LogP contribution in [-0.4, -0.2) is 4.98 Å². The number of pyridine rings is 1. The van der Waals surface area contributed by atoms with E-state index in [9.17, 15) is 4.39 Å². The summed E-state index contributed by atoms with van der Waals surface area (Å²) in [7, 11) is 0. The minimum atomic E-state index is -0.224. The summed E-state index contributed by atoms with van der Waals surface area (Å²) in [5.41, 5.74) is 8.44. The van der Waals surface area contributed by atoms with Gasteiger partial charge in [-0.05, 0) is 41.1 Å². The third-order valence-corrected chi connectivity index (χ3v) is 3.48. The second-order valence-corrected chi connectivity index (χ2v) is 4.88. The summed E-state index contributed by atoms with van der Waals surface area (Å²) in [6.45, 7) is 0. The molecule has 0 radical (unpaired) electrons. The maximum atomic E-state index is 12.9. The molecule has 3 rings (SSSR count). The third-order valence-electron chi connectivity index (χ3n) is 3.48. The SMILES string of the molecule is NC(Cc1ccc(F)cc1)c1cccc2cnccc12. The fourth-order valence-electron chi connectivity index (χ4n) is 2.46. The molecule has 0 aliphatic carbocycles. The number of nitrogens with two attached hydrogens (primary N) is 1. The average Bonchev–Trinajstić information content (AvgIpc) is 2.49. The molecule has 0 aliphatic heterocycles. The number of nitrogens with zero attached hydrogens (tertiary/aromatic N) is 1. The van der Waals surface area contributed by atoms with E-state index in [4.69, 9.17) is 5.73 Å². The van der Waals surface area contributed by atoms with Crippen molar-refractivity contribution in [1.29, 1.82) is 0 Å². The van der Waals surface area contributed by atoms with Gasteiger partial charge in [0.2, 0.25) is 0 Å². The monoisotopic (exact) mass is 266 g/mol. The molecule has 2 aromatic carbocycles. The molecule has 1 atom stereocenters. The van der Waals surface area contributed by atoms with Gasteiger partial charge in [-0.15, -0.1) is 0 Å². The van der Waals surface area contributed by atoms with E-state index in [2.05, 4.69) is 4.98 Å². The van der Waals surface area contributed by atoms with E-state index < -0.39 is 0 Å². The Kier molecular flexibility index (Phi) is 3.44. The van der Waals surface area contributed by atoms with E-state index in [1.807, 2.05) is 30.5 Å². The summed E-state index contributed by atoms with van der Waals surface area (Å²) in [5, 5.41) is 2.21. The van der Waals surface area contributed by atoms with E-state index in [-0.39, 0.29) is 11.9 Å². The maximum absolute atomic E-state index is 12.9. The summed E-state index contributed by atoms with van der Waals surface area (Å²) < 4.78 is 12.9. The molecule has 1 aromatic heterocycles. The second kappa shape index (κ2) is 5.39. The molecule has 2 nitrogen and oxygen atoms in total. The van der Waals surface area contributed by atoms with Crippen LogP contribution in [0, 0.1) is 5.82 Å². The number of benzene rings is 2. The number of hydrogen-bond donors (Lipinski definition) is 1. The van der Waals surface area contributed by atoms with Crippen LogP contribution in [0.5, 0.6) is 0 Å². The molecule has 2 N–H and O–H groups in total. The van der Waals surface area contributed by atoms with E-state index in [1.54, 1.807) is 18.3 Å². The molecule has 0 saturated heterocycles. The zero-order valence-electron chi connectivity index (χ0n) is 11.0. The Morgan fingerprint density at radius 3 is 2.65 bits per heavy atom. The lowest BCUT2D eigenvalue weighted by Gasteiger charge is -2.14. The number of aromatic nitrogens is 1. The second-order valence-electron chi connectivity index (χ2n) is 4.88. The molecule has 0 bridgehead atoms. The van der Waals surface area contributed by atoms with Crippen molar-refractivity contribution >= 4 is 10.8 Å². The molecular formula is C17H15FN2. The normalized spacial score (nSPS) is 12.5. The van der Waals surface area contributed by atoms with Gasteiger partial charge in [-0.3, -0.25) is 4.98 Å².